The van der Waals surface area contributed by atoms with E-state index in [0.29, 0.717) is 11.8 Å². The van der Waals surface area contributed by atoms with E-state index in [9.17, 15) is 0 Å². The Morgan fingerprint density at radius 1 is 1.12 bits per heavy atom. The zero-order valence-corrected chi connectivity index (χ0v) is 24.5. The van der Waals surface area contributed by atoms with Gasteiger partial charge in [0.15, 0.2) is 14.6 Å². The first-order chi connectivity index (χ1) is 14.8. The zero-order chi connectivity index (χ0) is 24.2. The van der Waals surface area contributed by atoms with Crippen molar-refractivity contribution in [3.05, 3.63) is 24.0 Å². The van der Waals surface area contributed by atoms with E-state index >= 15 is 0 Å². The molecule has 1 unspecified atom stereocenters. The summed E-state index contributed by atoms with van der Waals surface area (Å²) in [5.74, 6) is 0.796. The zero-order valence-electron chi connectivity index (χ0n) is 22.5. The third kappa shape index (κ3) is 7.83. The molecule has 0 amide bonds. The van der Waals surface area contributed by atoms with Crippen molar-refractivity contribution in [2.24, 2.45) is 11.8 Å². The fourth-order valence-corrected chi connectivity index (χ4v) is 6.14. The van der Waals surface area contributed by atoms with E-state index in [1.165, 1.54) is 24.8 Å². The number of fused-ring (bicyclic) bond motifs is 1. The molecule has 32 heavy (non-hydrogen) atoms. The van der Waals surface area contributed by atoms with Crippen LogP contribution in [0.3, 0.4) is 0 Å². The first kappa shape index (κ1) is 27.8. The number of ether oxygens (including phenoxy) is 2. The summed E-state index contributed by atoms with van der Waals surface area (Å²) >= 11 is 0. The topological polar surface area (TPSA) is 36.9 Å². The number of unbranched alkanes of at least 4 members (excludes halogenated alkanes) is 2. The van der Waals surface area contributed by atoms with Crippen LogP contribution in [0.5, 0.6) is 0 Å². The van der Waals surface area contributed by atoms with Crippen LogP contribution < -0.4 is 0 Å². The minimum atomic E-state index is -1.83. The van der Waals surface area contributed by atoms with Gasteiger partial charge in [-0.3, -0.25) is 0 Å². The van der Waals surface area contributed by atoms with Crippen LogP contribution in [0.15, 0.2) is 24.0 Å². The molecular formula is C26H50O4Si2. The maximum atomic E-state index is 6.86. The Morgan fingerprint density at radius 2 is 1.81 bits per heavy atom. The van der Waals surface area contributed by atoms with E-state index in [1.54, 1.807) is 7.11 Å². The van der Waals surface area contributed by atoms with E-state index in [1.807, 2.05) is 0 Å². The average Bonchev–Trinajstić information content (AvgIpc) is 3.20. The van der Waals surface area contributed by atoms with E-state index in [-0.39, 0.29) is 23.5 Å². The Balaban J connectivity index is 2.23. The SMILES string of the molecule is CCCCC[C@@H](C=C[C@H]1C(=CO[Si](C)(C)C)C[C@@H]2OC(OC)C[C@@H]21)O[Si](C)(C)C(C)(C)C. The van der Waals surface area contributed by atoms with E-state index in [0.717, 1.165) is 19.3 Å². The Kier molecular flexibility index (Phi) is 9.87. The second kappa shape index (κ2) is 11.3. The molecule has 1 aliphatic heterocycles. The van der Waals surface area contributed by atoms with Crippen molar-refractivity contribution in [1.82, 2.24) is 0 Å². The number of hydrogen-bond donors (Lipinski definition) is 0. The molecule has 1 heterocycles. The number of allylic oxidation sites excluding steroid dienone is 1. The van der Waals surface area contributed by atoms with Crippen molar-refractivity contribution in [2.75, 3.05) is 7.11 Å². The molecule has 6 heteroatoms. The average molecular weight is 483 g/mol. The van der Waals surface area contributed by atoms with Gasteiger partial charge in [-0.1, -0.05) is 59.1 Å². The summed E-state index contributed by atoms with van der Waals surface area (Å²) in [4.78, 5) is 0. The molecule has 1 saturated heterocycles. The van der Waals surface area contributed by atoms with Crippen molar-refractivity contribution < 1.29 is 18.3 Å². The molecule has 186 valence electrons. The highest BCUT2D eigenvalue weighted by Gasteiger charge is 2.46. The van der Waals surface area contributed by atoms with Gasteiger partial charge in [-0.25, -0.2) is 0 Å². The van der Waals surface area contributed by atoms with Gasteiger partial charge in [-0.15, -0.1) is 0 Å². The number of hydrogen-bond acceptors (Lipinski definition) is 4. The number of rotatable bonds is 11. The maximum absolute atomic E-state index is 6.86. The van der Waals surface area contributed by atoms with Crippen molar-refractivity contribution in [1.29, 1.82) is 0 Å². The van der Waals surface area contributed by atoms with Crippen LogP contribution in [0.25, 0.3) is 0 Å². The van der Waals surface area contributed by atoms with E-state index < -0.39 is 16.6 Å². The van der Waals surface area contributed by atoms with Gasteiger partial charge in [0, 0.05) is 25.4 Å². The third-order valence-corrected chi connectivity index (χ3v) is 12.6. The van der Waals surface area contributed by atoms with Gasteiger partial charge in [-0.05, 0) is 56.2 Å². The molecule has 0 aromatic rings. The van der Waals surface area contributed by atoms with Crippen LogP contribution in [0.1, 0.15) is 66.2 Å². The van der Waals surface area contributed by atoms with Gasteiger partial charge in [0.1, 0.15) is 0 Å². The van der Waals surface area contributed by atoms with Crippen LogP contribution in [0, 0.1) is 11.8 Å². The van der Waals surface area contributed by atoms with Gasteiger partial charge >= 0.3 is 0 Å². The molecule has 0 aromatic heterocycles. The van der Waals surface area contributed by atoms with Crippen molar-refractivity contribution in [3.63, 3.8) is 0 Å². The second-order valence-corrected chi connectivity index (χ2v) is 21.4. The molecule has 4 nitrogen and oxygen atoms in total. The number of methoxy groups -OCH3 is 1. The fraction of sp³-hybridized carbons (Fsp3) is 0.846. The summed E-state index contributed by atoms with van der Waals surface area (Å²) in [6.45, 7) is 20.7. The summed E-state index contributed by atoms with van der Waals surface area (Å²) in [6.07, 6.45) is 13.9. The van der Waals surface area contributed by atoms with Crippen LogP contribution in [0.2, 0.25) is 37.8 Å². The van der Waals surface area contributed by atoms with E-state index in [4.69, 9.17) is 18.3 Å². The highest BCUT2D eigenvalue weighted by atomic mass is 28.4. The quantitative estimate of drug-likeness (QED) is 0.131. The van der Waals surface area contributed by atoms with E-state index in [2.05, 4.69) is 78.8 Å². The van der Waals surface area contributed by atoms with Gasteiger partial charge in [0.05, 0.1) is 18.5 Å². The molecular weight excluding hydrogens is 432 g/mol. The lowest BCUT2D eigenvalue weighted by Gasteiger charge is -2.38. The summed E-state index contributed by atoms with van der Waals surface area (Å²) < 4.78 is 24.8. The van der Waals surface area contributed by atoms with Crippen molar-refractivity contribution in [3.8, 4) is 0 Å². The summed E-state index contributed by atoms with van der Waals surface area (Å²) in [7, 11) is -1.70. The maximum Gasteiger partial charge on any atom is 0.241 e. The van der Waals surface area contributed by atoms with Crippen LogP contribution in [-0.4, -0.2) is 42.2 Å². The van der Waals surface area contributed by atoms with Gasteiger partial charge in [-0.2, -0.15) is 0 Å². The minimum absolute atomic E-state index is 0.0795. The monoisotopic (exact) mass is 482 g/mol. The smallest absolute Gasteiger partial charge is 0.241 e. The molecule has 2 aliphatic rings. The minimum Gasteiger partial charge on any atom is -0.550 e. The molecule has 5 atom stereocenters. The second-order valence-electron chi connectivity index (χ2n) is 12.2. The molecule has 0 spiro atoms. The predicted octanol–water partition coefficient (Wildman–Crippen LogP) is 7.65. The molecule has 2 fully saturated rings. The van der Waals surface area contributed by atoms with Gasteiger partial charge in [0.2, 0.25) is 8.32 Å². The van der Waals surface area contributed by atoms with Crippen molar-refractivity contribution >= 4 is 16.6 Å². The fourth-order valence-electron chi connectivity index (χ4n) is 4.33. The van der Waals surface area contributed by atoms with Crippen LogP contribution >= 0.6 is 0 Å². The van der Waals surface area contributed by atoms with Crippen LogP contribution in [-0.2, 0) is 18.3 Å². The normalized spacial score (nSPS) is 29.1. The third-order valence-electron chi connectivity index (χ3n) is 7.30. The van der Waals surface area contributed by atoms with Crippen molar-refractivity contribution in [2.45, 2.75) is 122 Å². The Bertz CT molecular complexity index is 645. The lowest BCUT2D eigenvalue weighted by Crippen LogP contribution is -2.43. The molecule has 0 N–H and O–H groups in total. The lowest BCUT2D eigenvalue weighted by molar-refractivity contribution is -0.113. The molecule has 1 aliphatic carbocycles. The van der Waals surface area contributed by atoms with Crippen LogP contribution in [0.4, 0.5) is 0 Å². The summed E-state index contributed by atoms with van der Waals surface area (Å²) in [5.41, 5.74) is 1.37. The Hall–Kier alpha value is -0.406. The highest BCUT2D eigenvalue weighted by Crippen LogP contribution is 2.47. The van der Waals surface area contributed by atoms with Gasteiger partial charge in [0.25, 0.3) is 0 Å². The van der Waals surface area contributed by atoms with Gasteiger partial charge < -0.3 is 18.3 Å². The lowest BCUT2D eigenvalue weighted by atomic mass is 9.90. The first-order valence-electron chi connectivity index (χ1n) is 12.7. The summed E-state index contributed by atoms with van der Waals surface area (Å²) in [6, 6.07) is 0. The highest BCUT2D eigenvalue weighted by molar-refractivity contribution is 6.74. The standard InChI is InChI=1S/C26H50O4Si2/c1-11-12-13-14-21(30-32(9,10)26(2,3)4)15-16-22-20(19-28-31(6,7)8)17-24-23(22)18-25(27-5)29-24/h15-16,19,21-25H,11-14,17-18H2,1-10H3/t21-,22-,23+,24-,25?/m0/s1. The Morgan fingerprint density at radius 3 is 2.38 bits per heavy atom. The first-order valence-corrected chi connectivity index (χ1v) is 19.0. The molecule has 0 radical (unpaired) electrons. The Labute approximate surface area is 200 Å². The summed E-state index contributed by atoms with van der Waals surface area (Å²) in [5, 5.41) is 0.212. The molecule has 0 aromatic carbocycles. The molecule has 1 saturated carbocycles. The molecule has 2 rings (SSSR count). The molecule has 0 bridgehead atoms. The largest absolute Gasteiger partial charge is 0.550 e. The predicted molar refractivity (Wildman–Crippen MR) is 140 cm³/mol.